The number of ether oxygens (including phenoxy) is 1. The highest BCUT2D eigenvalue weighted by atomic mass is 16.5. The second kappa shape index (κ2) is 5.40. The maximum Gasteiger partial charge on any atom is 0.320 e. The molecule has 1 heterocycles. The molecule has 5 heteroatoms. The third kappa shape index (κ3) is 2.91. The molecule has 0 saturated carbocycles. The van der Waals surface area contributed by atoms with Crippen molar-refractivity contribution in [3.8, 4) is 0 Å². The number of hydrogen-bond donors (Lipinski definition) is 0. The van der Waals surface area contributed by atoms with Crippen molar-refractivity contribution in [3.05, 3.63) is 0 Å². The lowest BCUT2D eigenvalue weighted by Gasteiger charge is -2.37. The van der Waals surface area contributed by atoms with E-state index in [1.54, 1.807) is 0 Å². The first-order valence-electron chi connectivity index (χ1n) is 5.72. The Balaban J connectivity index is 2.94. The van der Waals surface area contributed by atoms with Crippen LogP contribution in [0.5, 0.6) is 0 Å². The van der Waals surface area contributed by atoms with Crippen LogP contribution in [0.3, 0.4) is 0 Å². The number of methoxy groups -OCH3 is 1. The smallest absolute Gasteiger partial charge is 0.320 e. The van der Waals surface area contributed by atoms with Crippen LogP contribution in [0.25, 0.3) is 0 Å². The molecule has 1 aliphatic heterocycles. The van der Waals surface area contributed by atoms with E-state index in [1.165, 1.54) is 14.0 Å². The minimum atomic E-state index is -1.15. The first-order valence-corrected chi connectivity index (χ1v) is 5.72. The molecule has 17 heavy (non-hydrogen) atoms. The van der Waals surface area contributed by atoms with E-state index in [9.17, 15) is 14.4 Å². The van der Waals surface area contributed by atoms with Gasteiger partial charge in [0.25, 0.3) is 0 Å². The lowest BCUT2D eigenvalue weighted by Crippen LogP contribution is -2.53. The average molecular weight is 241 g/mol. The van der Waals surface area contributed by atoms with Gasteiger partial charge in [0, 0.05) is 25.9 Å². The topological polar surface area (TPSA) is 63.7 Å². The van der Waals surface area contributed by atoms with Gasteiger partial charge in [-0.05, 0) is 20.4 Å². The standard InChI is InChI=1S/C12H19NO4/c1-9(14)4-6-12(11(16)17-3)8-13(2)7-5-10(12)15/h4-8H2,1-3H3/t12-/m0/s1. The van der Waals surface area contributed by atoms with E-state index in [-0.39, 0.29) is 24.4 Å². The van der Waals surface area contributed by atoms with Gasteiger partial charge in [-0.2, -0.15) is 0 Å². The summed E-state index contributed by atoms with van der Waals surface area (Å²) < 4.78 is 4.75. The lowest BCUT2D eigenvalue weighted by molar-refractivity contribution is -0.162. The fraction of sp³-hybridized carbons (Fsp3) is 0.750. The van der Waals surface area contributed by atoms with E-state index in [0.29, 0.717) is 19.5 Å². The molecule has 1 rings (SSSR count). The van der Waals surface area contributed by atoms with Gasteiger partial charge in [-0.1, -0.05) is 0 Å². The van der Waals surface area contributed by atoms with Crippen LogP contribution in [0.4, 0.5) is 0 Å². The molecule has 0 spiro atoms. The molecule has 96 valence electrons. The Hall–Kier alpha value is -1.23. The number of piperidine rings is 1. The van der Waals surface area contributed by atoms with Crippen molar-refractivity contribution in [2.75, 3.05) is 27.2 Å². The highest BCUT2D eigenvalue weighted by Gasteiger charge is 2.49. The molecule has 1 fully saturated rings. The summed E-state index contributed by atoms with van der Waals surface area (Å²) in [6, 6.07) is 0. The van der Waals surface area contributed by atoms with E-state index < -0.39 is 11.4 Å². The fourth-order valence-corrected chi connectivity index (χ4v) is 2.24. The van der Waals surface area contributed by atoms with Crippen LogP contribution in [-0.2, 0) is 19.1 Å². The van der Waals surface area contributed by atoms with Crippen LogP contribution in [0, 0.1) is 5.41 Å². The molecule has 5 nitrogen and oxygen atoms in total. The second-order valence-electron chi connectivity index (χ2n) is 4.69. The van der Waals surface area contributed by atoms with Crippen molar-refractivity contribution in [1.29, 1.82) is 0 Å². The SMILES string of the molecule is COC(=O)[C@@]1(CCC(C)=O)CN(C)CCC1=O. The van der Waals surface area contributed by atoms with Gasteiger partial charge in [0.15, 0.2) is 5.78 Å². The quantitative estimate of drug-likeness (QED) is 0.527. The number of ketones is 2. The van der Waals surface area contributed by atoms with Crippen LogP contribution in [-0.4, -0.2) is 49.7 Å². The summed E-state index contributed by atoms with van der Waals surface area (Å²) in [5, 5.41) is 0. The van der Waals surface area contributed by atoms with Crippen LogP contribution in [0.1, 0.15) is 26.2 Å². The molecule has 0 bridgehead atoms. The maximum absolute atomic E-state index is 12.0. The normalized spacial score (nSPS) is 25.7. The fourth-order valence-electron chi connectivity index (χ4n) is 2.24. The third-order valence-electron chi connectivity index (χ3n) is 3.27. The molecular weight excluding hydrogens is 222 g/mol. The number of hydrogen-bond acceptors (Lipinski definition) is 5. The zero-order chi connectivity index (χ0) is 13.1. The summed E-state index contributed by atoms with van der Waals surface area (Å²) in [5.41, 5.74) is -1.15. The Morgan fingerprint density at radius 1 is 1.47 bits per heavy atom. The molecule has 1 aliphatic rings. The number of carbonyl (C=O) groups excluding carboxylic acids is 3. The summed E-state index contributed by atoms with van der Waals surface area (Å²) in [4.78, 5) is 36.9. The van der Waals surface area contributed by atoms with E-state index in [2.05, 4.69) is 0 Å². The van der Waals surface area contributed by atoms with Gasteiger partial charge in [-0.3, -0.25) is 9.59 Å². The molecule has 0 N–H and O–H groups in total. The molecule has 0 unspecified atom stereocenters. The predicted octanol–water partition coefficient (Wildman–Crippen LogP) is 0.420. The predicted molar refractivity (Wildman–Crippen MR) is 61.5 cm³/mol. The highest BCUT2D eigenvalue weighted by Crippen LogP contribution is 2.32. The number of nitrogens with zero attached hydrogens (tertiary/aromatic N) is 1. The van der Waals surface area contributed by atoms with Crippen LogP contribution < -0.4 is 0 Å². The highest BCUT2D eigenvalue weighted by molar-refractivity contribution is 6.05. The van der Waals surface area contributed by atoms with Gasteiger partial charge in [0.2, 0.25) is 0 Å². The summed E-state index contributed by atoms with van der Waals surface area (Å²) >= 11 is 0. The number of Topliss-reactive ketones (excluding diaryl/α,β-unsaturated/α-hetero) is 2. The number of carbonyl (C=O) groups is 3. The van der Waals surface area contributed by atoms with Gasteiger partial charge >= 0.3 is 5.97 Å². The second-order valence-corrected chi connectivity index (χ2v) is 4.69. The van der Waals surface area contributed by atoms with Gasteiger partial charge in [0.05, 0.1) is 7.11 Å². The van der Waals surface area contributed by atoms with E-state index in [0.717, 1.165) is 0 Å². The number of likely N-dealkylation sites (tertiary alicyclic amines) is 1. The minimum Gasteiger partial charge on any atom is -0.468 e. The van der Waals surface area contributed by atoms with Crippen molar-refractivity contribution < 1.29 is 19.1 Å². The van der Waals surface area contributed by atoms with Crippen LogP contribution >= 0.6 is 0 Å². The molecule has 0 aliphatic carbocycles. The van der Waals surface area contributed by atoms with Crippen LogP contribution in [0.2, 0.25) is 0 Å². The van der Waals surface area contributed by atoms with Crippen LogP contribution in [0.15, 0.2) is 0 Å². The molecular formula is C12H19NO4. The monoisotopic (exact) mass is 241 g/mol. The van der Waals surface area contributed by atoms with E-state index >= 15 is 0 Å². The molecule has 0 amide bonds. The molecule has 0 aromatic heterocycles. The minimum absolute atomic E-state index is 0.0192. The Bertz CT molecular complexity index is 329. The largest absolute Gasteiger partial charge is 0.468 e. The first kappa shape index (κ1) is 13.8. The zero-order valence-electron chi connectivity index (χ0n) is 10.6. The molecule has 0 radical (unpaired) electrons. The molecule has 1 atom stereocenters. The third-order valence-corrected chi connectivity index (χ3v) is 3.27. The Labute approximate surface area is 101 Å². The van der Waals surface area contributed by atoms with Gasteiger partial charge in [0.1, 0.15) is 11.2 Å². The van der Waals surface area contributed by atoms with Crippen molar-refractivity contribution in [1.82, 2.24) is 4.90 Å². The molecule has 0 aromatic carbocycles. The lowest BCUT2D eigenvalue weighted by atomic mass is 9.75. The van der Waals surface area contributed by atoms with Gasteiger partial charge in [-0.25, -0.2) is 0 Å². The summed E-state index contributed by atoms with van der Waals surface area (Å²) in [5.74, 6) is -0.645. The Kier molecular flexibility index (Phi) is 4.40. The Morgan fingerprint density at radius 2 is 2.12 bits per heavy atom. The molecule has 0 aromatic rings. The van der Waals surface area contributed by atoms with Gasteiger partial charge < -0.3 is 14.4 Å². The number of rotatable bonds is 4. The van der Waals surface area contributed by atoms with Crippen molar-refractivity contribution in [2.45, 2.75) is 26.2 Å². The van der Waals surface area contributed by atoms with Crippen molar-refractivity contribution >= 4 is 17.5 Å². The Morgan fingerprint density at radius 3 is 2.65 bits per heavy atom. The molecule has 1 saturated heterocycles. The number of esters is 1. The summed E-state index contributed by atoms with van der Waals surface area (Å²) in [6.45, 7) is 2.45. The maximum atomic E-state index is 12.0. The van der Waals surface area contributed by atoms with Crippen molar-refractivity contribution in [3.63, 3.8) is 0 Å². The summed E-state index contributed by atoms with van der Waals surface area (Å²) in [6.07, 6.45) is 0.816. The zero-order valence-corrected chi connectivity index (χ0v) is 10.6. The van der Waals surface area contributed by atoms with E-state index in [4.69, 9.17) is 4.74 Å². The first-order chi connectivity index (χ1) is 7.92. The van der Waals surface area contributed by atoms with E-state index in [1.807, 2.05) is 11.9 Å². The van der Waals surface area contributed by atoms with Crippen molar-refractivity contribution in [2.24, 2.45) is 5.41 Å². The summed E-state index contributed by atoms with van der Waals surface area (Å²) in [7, 11) is 3.14. The van der Waals surface area contributed by atoms with Gasteiger partial charge in [-0.15, -0.1) is 0 Å². The average Bonchev–Trinajstić information content (AvgIpc) is 2.29.